The molecule has 0 fully saturated rings. The van der Waals surface area contributed by atoms with Crippen molar-refractivity contribution in [2.24, 2.45) is 23.0 Å². The summed E-state index contributed by atoms with van der Waals surface area (Å²) < 4.78 is 1.99. The van der Waals surface area contributed by atoms with E-state index in [0.717, 1.165) is 25.2 Å². The van der Waals surface area contributed by atoms with Crippen molar-refractivity contribution in [3.05, 3.63) is 12.2 Å². The maximum absolute atomic E-state index is 6.28. The zero-order chi connectivity index (χ0) is 14.6. The van der Waals surface area contributed by atoms with E-state index >= 15 is 0 Å². The Morgan fingerprint density at radius 1 is 1.26 bits per heavy atom. The van der Waals surface area contributed by atoms with Crippen LogP contribution in [-0.4, -0.2) is 20.8 Å². The summed E-state index contributed by atoms with van der Waals surface area (Å²) in [5, 5.41) is 4.29. The molecule has 0 spiro atoms. The topological polar surface area (TPSA) is 56.7 Å². The lowest BCUT2D eigenvalue weighted by Gasteiger charge is -2.29. The molecule has 0 aromatic carbocycles. The Labute approximate surface area is 117 Å². The predicted octanol–water partition coefficient (Wildman–Crippen LogP) is 2.88. The van der Waals surface area contributed by atoms with Crippen molar-refractivity contribution in [3.8, 4) is 0 Å². The van der Waals surface area contributed by atoms with Gasteiger partial charge in [0.25, 0.3) is 0 Å². The summed E-state index contributed by atoms with van der Waals surface area (Å²) in [4.78, 5) is 4.35. The standard InChI is InChI=1S/C15H30N4/c1-11(2)9-19-14(17-10-18-19)8-13(16)7-12(3)15(4,5)6/h10-13H,7-9,16H2,1-6H3. The minimum atomic E-state index is 0.157. The number of rotatable bonds is 6. The van der Waals surface area contributed by atoms with E-state index in [2.05, 4.69) is 51.6 Å². The van der Waals surface area contributed by atoms with Crippen molar-refractivity contribution in [1.82, 2.24) is 14.8 Å². The summed E-state index contributed by atoms with van der Waals surface area (Å²) in [5.74, 6) is 2.19. The lowest BCUT2D eigenvalue weighted by Crippen LogP contribution is -2.31. The van der Waals surface area contributed by atoms with Crippen LogP contribution in [0, 0.1) is 17.3 Å². The highest BCUT2D eigenvalue weighted by atomic mass is 15.3. The Bertz CT molecular complexity index is 376. The minimum Gasteiger partial charge on any atom is -0.327 e. The van der Waals surface area contributed by atoms with Gasteiger partial charge in [-0.15, -0.1) is 0 Å². The molecule has 2 unspecified atom stereocenters. The average molecular weight is 266 g/mol. The van der Waals surface area contributed by atoms with Gasteiger partial charge in [-0.05, 0) is 23.7 Å². The van der Waals surface area contributed by atoms with Gasteiger partial charge in [0, 0.05) is 19.0 Å². The first-order chi connectivity index (χ1) is 8.70. The molecule has 0 bridgehead atoms. The normalized spacial score (nSPS) is 15.8. The fourth-order valence-electron chi connectivity index (χ4n) is 2.07. The molecule has 4 heteroatoms. The Kier molecular flexibility index (Phi) is 5.53. The Hall–Kier alpha value is -0.900. The van der Waals surface area contributed by atoms with Crippen molar-refractivity contribution in [3.63, 3.8) is 0 Å². The SMILES string of the molecule is CC(C)Cn1ncnc1CC(N)CC(C)C(C)(C)C. The smallest absolute Gasteiger partial charge is 0.138 e. The van der Waals surface area contributed by atoms with Crippen LogP contribution in [0.25, 0.3) is 0 Å². The second kappa shape index (κ2) is 6.51. The molecule has 19 heavy (non-hydrogen) atoms. The second-order valence-corrected chi connectivity index (χ2v) is 7.22. The molecule has 0 saturated carbocycles. The molecule has 2 N–H and O–H groups in total. The molecule has 0 saturated heterocycles. The summed E-state index contributed by atoms with van der Waals surface area (Å²) in [6.45, 7) is 14.4. The number of hydrogen-bond donors (Lipinski definition) is 1. The molecule has 110 valence electrons. The molecule has 4 nitrogen and oxygen atoms in total. The number of aromatic nitrogens is 3. The van der Waals surface area contributed by atoms with E-state index in [1.54, 1.807) is 6.33 Å². The van der Waals surface area contributed by atoms with Crippen LogP contribution in [0.2, 0.25) is 0 Å². The molecule has 0 aliphatic heterocycles. The van der Waals surface area contributed by atoms with Crippen LogP contribution in [0.5, 0.6) is 0 Å². The largest absolute Gasteiger partial charge is 0.327 e. The van der Waals surface area contributed by atoms with E-state index in [-0.39, 0.29) is 6.04 Å². The highest BCUT2D eigenvalue weighted by molar-refractivity contribution is 4.90. The van der Waals surface area contributed by atoms with Gasteiger partial charge in [0.05, 0.1) is 0 Å². The third kappa shape index (κ3) is 5.31. The van der Waals surface area contributed by atoms with Gasteiger partial charge in [-0.25, -0.2) is 9.67 Å². The van der Waals surface area contributed by atoms with Crippen LogP contribution in [0.3, 0.4) is 0 Å². The fraction of sp³-hybridized carbons (Fsp3) is 0.867. The number of hydrogen-bond acceptors (Lipinski definition) is 3. The zero-order valence-corrected chi connectivity index (χ0v) is 13.3. The summed E-state index contributed by atoms with van der Waals surface area (Å²) >= 11 is 0. The van der Waals surface area contributed by atoms with Crippen molar-refractivity contribution in [1.29, 1.82) is 0 Å². The van der Waals surface area contributed by atoms with E-state index in [4.69, 9.17) is 5.73 Å². The van der Waals surface area contributed by atoms with Crippen LogP contribution >= 0.6 is 0 Å². The lowest BCUT2D eigenvalue weighted by molar-refractivity contribution is 0.231. The van der Waals surface area contributed by atoms with E-state index in [0.29, 0.717) is 17.3 Å². The Morgan fingerprint density at radius 2 is 1.89 bits per heavy atom. The molecule has 0 amide bonds. The number of nitrogens with zero attached hydrogens (tertiary/aromatic N) is 3. The molecule has 0 aliphatic carbocycles. The third-order valence-electron chi connectivity index (χ3n) is 3.81. The highest BCUT2D eigenvalue weighted by Crippen LogP contribution is 2.29. The van der Waals surface area contributed by atoms with Crippen molar-refractivity contribution in [2.45, 2.75) is 67.0 Å². The quantitative estimate of drug-likeness (QED) is 0.861. The van der Waals surface area contributed by atoms with Crippen molar-refractivity contribution >= 4 is 0 Å². The summed E-state index contributed by atoms with van der Waals surface area (Å²) in [6.07, 6.45) is 3.47. The first-order valence-electron chi connectivity index (χ1n) is 7.32. The predicted molar refractivity (Wildman–Crippen MR) is 79.8 cm³/mol. The number of nitrogens with two attached hydrogens (primary N) is 1. The third-order valence-corrected chi connectivity index (χ3v) is 3.81. The highest BCUT2D eigenvalue weighted by Gasteiger charge is 2.23. The molecular weight excluding hydrogens is 236 g/mol. The maximum Gasteiger partial charge on any atom is 0.138 e. The minimum absolute atomic E-state index is 0.157. The fourth-order valence-corrected chi connectivity index (χ4v) is 2.07. The first-order valence-corrected chi connectivity index (χ1v) is 7.32. The van der Waals surface area contributed by atoms with Gasteiger partial charge in [-0.3, -0.25) is 0 Å². The van der Waals surface area contributed by atoms with Gasteiger partial charge in [-0.1, -0.05) is 41.5 Å². The van der Waals surface area contributed by atoms with Crippen LogP contribution in [0.4, 0.5) is 0 Å². The molecule has 0 radical (unpaired) electrons. The monoisotopic (exact) mass is 266 g/mol. The van der Waals surface area contributed by atoms with E-state index in [1.807, 2.05) is 4.68 Å². The lowest BCUT2D eigenvalue weighted by atomic mass is 9.78. The Morgan fingerprint density at radius 3 is 2.42 bits per heavy atom. The van der Waals surface area contributed by atoms with Gasteiger partial charge in [-0.2, -0.15) is 5.10 Å². The molecule has 1 heterocycles. The van der Waals surface area contributed by atoms with Gasteiger partial charge in [0.2, 0.25) is 0 Å². The van der Waals surface area contributed by atoms with Gasteiger partial charge < -0.3 is 5.73 Å². The maximum atomic E-state index is 6.28. The van der Waals surface area contributed by atoms with Crippen molar-refractivity contribution < 1.29 is 0 Å². The molecule has 0 aliphatic rings. The second-order valence-electron chi connectivity index (χ2n) is 7.22. The molecule has 1 rings (SSSR count). The summed E-state index contributed by atoms with van der Waals surface area (Å²) in [5.41, 5.74) is 6.59. The zero-order valence-electron chi connectivity index (χ0n) is 13.3. The van der Waals surface area contributed by atoms with Crippen molar-refractivity contribution in [2.75, 3.05) is 0 Å². The van der Waals surface area contributed by atoms with Crippen LogP contribution in [-0.2, 0) is 13.0 Å². The van der Waals surface area contributed by atoms with Gasteiger partial charge in [0.1, 0.15) is 12.2 Å². The van der Waals surface area contributed by atoms with E-state index in [9.17, 15) is 0 Å². The Balaban J connectivity index is 2.57. The van der Waals surface area contributed by atoms with Gasteiger partial charge in [0.15, 0.2) is 0 Å². The average Bonchev–Trinajstić information content (AvgIpc) is 2.63. The summed E-state index contributed by atoms with van der Waals surface area (Å²) in [7, 11) is 0. The van der Waals surface area contributed by atoms with E-state index in [1.165, 1.54) is 0 Å². The van der Waals surface area contributed by atoms with Crippen LogP contribution in [0.1, 0.15) is 53.8 Å². The van der Waals surface area contributed by atoms with Gasteiger partial charge >= 0.3 is 0 Å². The molecule has 2 atom stereocenters. The van der Waals surface area contributed by atoms with Crippen LogP contribution in [0.15, 0.2) is 6.33 Å². The molecular formula is C15H30N4. The first kappa shape index (κ1) is 16.2. The van der Waals surface area contributed by atoms with E-state index < -0.39 is 0 Å². The van der Waals surface area contributed by atoms with Crippen LogP contribution < -0.4 is 5.73 Å². The molecule has 1 aromatic rings. The molecule has 1 aromatic heterocycles. The summed E-state index contributed by atoms with van der Waals surface area (Å²) in [6, 6.07) is 0.157.